The minimum atomic E-state index is 0.175. The molecule has 1 aliphatic rings. The fourth-order valence-corrected chi connectivity index (χ4v) is 2.09. The van der Waals surface area contributed by atoms with Crippen LogP contribution in [0.15, 0.2) is 12.1 Å². The molecule has 0 atom stereocenters. The molecule has 1 aliphatic heterocycles. The Bertz CT molecular complexity index is 374. The van der Waals surface area contributed by atoms with Crippen molar-refractivity contribution < 1.29 is 9.47 Å². The number of nitrogens with one attached hydrogen (secondary N) is 1. The van der Waals surface area contributed by atoms with Gasteiger partial charge in [0.05, 0.1) is 13.2 Å². The number of rotatable bonds is 3. The first-order valence-corrected chi connectivity index (χ1v) is 5.78. The van der Waals surface area contributed by atoms with Gasteiger partial charge in [-0.1, -0.05) is 6.07 Å². The lowest BCUT2D eigenvalue weighted by Gasteiger charge is -2.22. The molecule has 0 unspecified atom stereocenters. The van der Waals surface area contributed by atoms with Crippen LogP contribution in [0.2, 0.25) is 0 Å². The van der Waals surface area contributed by atoms with Crippen LogP contribution in [-0.4, -0.2) is 19.8 Å². The van der Waals surface area contributed by atoms with Crippen LogP contribution in [0.4, 0.5) is 0 Å². The second kappa shape index (κ2) is 4.74. The molecule has 16 heavy (non-hydrogen) atoms. The molecule has 0 fully saturated rings. The van der Waals surface area contributed by atoms with E-state index in [1.165, 1.54) is 11.1 Å². The lowest BCUT2D eigenvalue weighted by molar-refractivity contribution is 0.229. The summed E-state index contributed by atoms with van der Waals surface area (Å²) in [4.78, 5) is 0. The van der Waals surface area contributed by atoms with Crippen molar-refractivity contribution in [1.29, 1.82) is 0 Å². The Kier molecular flexibility index (Phi) is 3.34. The lowest BCUT2D eigenvalue weighted by Crippen LogP contribution is -2.24. The van der Waals surface area contributed by atoms with Crippen LogP contribution in [0.3, 0.4) is 0 Å². The highest BCUT2D eigenvalue weighted by molar-refractivity contribution is 5.51. The van der Waals surface area contributed by atoms with Gasteiger partial charge in [0.1, 0.15) is 0 Å². The van der Waals surface area contributed by atoms with Gasteiger partial charge >= 0.3 is 0 Å². The van der Waals surface area contributed by atoms with Crippen molar-refractivity contribution in [2.45, 2.75) is 32.9 Å². The Hall–Kier alpha value is -1.22. The molecule has 0 saturated carbocycles. The van der Waals surface area contributed by atoms with E-state index in [4.69, 9.17) is 9.47 Å². The second-order valence-corrected chi connectivity index (χ2v) is 4.33. The predicted molar refractivity (Wildman–Crippen MR) is 64.2 cm³/mol. The summed E-state index contributed by atoms with van der Waals surface area (Å²) in [5, 5.41) is 3.36. The Morgan fingerprint density at radius 1 is 1.31 bits per heavy atom. The molecule has 88 valence electrons. The van der Waals surface area contributed by atoms with Crippen LogP contribution in [0.5, 0.6) is 11.5 Å². The Labute approximate surface area is 96.8 Å². The monoisotopic (exact) mass is 221 g/mol. The van der Waals surface area contributed by atoms with E-state index in [2.05, 4.69) is 11.4 Å². The van der Waals surface area contributed by atoms with Crippen LogP contribution in [0.1, 0.15) is 25.0 Å². The Morgan fingerprint density at radius 2 is 2.12 bits per heavy atom. The van der Waals surface area contributed by atoms with Crippen molar-refractivity contribution in [2.24, 2.45) is 0 Å². The predicted octanol–water partition coefficient (Wildman–Crippen LogP) is 2.13. The number of hydrogen-bond donors (Lipinski definition) is 1. The summed E-state index contributed by atoms with van der Waals surface area (Å²) < 4.78 is 11.2. The quantitative estimate of drug-likeness (QED) is 0.848. The van der Waals surface area contributed by atoms with Crippen molar-refractivity contribution in [3.63, 3.8) is 0 Å². The van der Waals surface area contributed by atoms with E-state index in [-0.39, 0.29) is 6.10 Å². The van der Waals surface area contributed by atoms with E-state index in [0.29, 0.717) is 0 Å². The maximum Gasteiger partial charge on any atom is 0.164 e. The van der Waals surface area contributed by atoms with Crippen molar-refractivity contribution in [3.05, 3.63) is 23.3 Å². The Balaban J connectivity index is 2.39. The standard InChI is InChI=1S/C13H19NO2/c1-9(2)16-12-5-4-10-8-14-7-6-11(10)13(12)15-3/h4-5,9,14H,6-8H2,1-3H3. The first kappa shape index (κ1) is 11.3. The molecule has 0 bridgehead atoms. The smallest absolute Gasteiger partial charge is 0.164 e. The van der Waals surface area contributed by atoms with Gasteiger partial charge in [0.15, 0.2) is 11.5 Å². The van der Waals surface area contributed by atoms with Gasteiger partial charge in [-0.05, 0) is 38.4 Å². The lowest BCUT2D eigenvalue weighted by atomic mass is 9.99. The highest BCUT2D eigenvalue weighted by Crippen LogP contribution is 2.35. The summed E-state index contributed by atoms with van der Waals surface area (Å²) >= 11 is 0. The molecule has 1 N–H and O–H groups in total. The molecule has 0 amide bonds. The van der Waals surface area contributed by atoms with Gasteiger partial charge in [-0.15, -0.1) is 0 Å². The second-order valence-electron chi connectivity index (χ2n) is 4.33. The summed E-state index contributed by atoms with van der Waals surface area (Å²) in [5.41, 5.74) is 2.61. The van der Waals surface area contributed by atoms with E-state index < -0.39 is 0 Å². The van der Waals surface area contributed by atoms with Gasteiger partial charge in [-0.3, -0.25) is 0 Å². The maximum absolute atomic E-state index is 5.76. The highest BCUT2D eigenvalue weighted by atomic mass is 16.5. The average molecular weight is 221 g/mol. The van der Waals surface area contributed by atoms with Crippen LogP contribution in [-0.2, 0) is 13.0 Å². The van der Waals surface area contributed by atoms with E-state index in [9.17, 15) is 0 Å². The zero-order chi connectivity index (χ0) is 11.5. The van der Waals surface area contributed by atoms with Crippen LogP contribution in [0, 0.1) is 0 Å². The molecule has 0 saturated heterocycles. The molecule has 0 aliphatic carbocycles. The van der Waals surface area contributed by atoms with Gasteiger partial charge in [-0.2, -0.15) is 0 Å². The first-order valence-electron chi connectivity index (χ1n) is 5.78. The zero-order valence-electron chi connectivity index (χ0n) is 10.2. The summed E-state index contributed by atoms with van der Waals surface area (Å²) in [7, 11) is 1.71. The number of fused-ring (bicyclic) bond motifs is 1. The fraction of sp³-hybridized carbons (Fsp3) is 0.538. The fourth-order valence-electron chi connectivity index (χ4n) is 2.09. The van der Waals surface area contributed by atoms with Crippen LogP contribution in [0.25, 0.3) is 0 Å². The summed E-state index contributed by atoms with van der Waals surface area (Å²) in [5.74, 6) is 1.77. The topological polar surface area (TPSA) is 30.5 Å². The van der Waals surface area contributed by atoms with Gasteiger partial charge in [0.25, 0.3) is 0 Å². The molecular weight excluding hydrogens is 202 g/mol. The van der Waals surface area contributed by atoms with Crippen LogP contribution >= 0.6 is 0 Å². The SMILES string of the molecule is COc1c(OC(C)C)ccc2c1CCNC2. The maximum atomic E-state index is 5.76. The molecule has 1 heterocycles. The highest BCUT2D eigenvalue weighted by Gasteiger charge is 2.18. The van der Waals surface area contributed by atoms with Crippen molar-refractivity contribution in [2.75, 3.05) is 13.7 Å². The van der Waals surface area contributed by atoms with E-state index in [1.54, 1.807) is 7.11 Å². The summed E-state index contributed by atoms with van der Waals surface area (Å²) in [6.45, 7) is 5.99. The largest absolute Gasteiger partial charge is 0.493 e. The molecule has 3 heteroatoms. The van der Waals surface area contributed by atoms with E-state index >= 15 is 0 Å². The molecular formula is C13H19NO2. The third kappa shape index (κ3) is 2.14. The van der Waals surface area contributed by atoms with Crippen LogP contribution < -0.4 is 14.8 Å². The third-order valence-electron chi connectivity index (χ3n) is 2.76. The minimum absolute atomic E-state index is 0.175. The number of benzene rings is 1. The van der Waals surface area contributed by atoms with Gasteiger partial charge in [-0.25, -0.2) is 0 Å². The van der Waals surface area contributed by atoms with Crippen molar-refractivity contribution in [3.8, 4) is 11.5 Å². The molecule has 1 aromatic carbocycles. The summed E-state index contributed by atoms with van der Waals surface area (Å²) in [6.07, 6.45) is 1.18. The molecule has 1 aromatic rings. The van der Waals surface area contributed by atoms with Crippen molar-refractivity contribution in [1.82, 2.24) is 5.32 Å². The molecule has 0 aromatic heterocycles. The van der Waals surface area contributed by atoms with Crippen molar-refractivity contribution >= 4 is 0 Å². The average Bonchev–Trinajstić information content (AvgIpc) is 2.28. The molecule has 2 rings (SSSR count). The van der Waals surface area contributed by atoms with Gasteiger partial charge < -0.3 is 14.8 Å². The van der Waals surface area contributed by atoms with Gasteiger partial charge in [0, 0.05) is 12.1 Å². The third-order valence-corrected chi connectivity index (χ3v) is 2.76. The summed E-state index contributed by atoms with van der Waals surface area (Å²) in [6, 6.07) is 4.13. The number of hydrogen-bond acceptors (Lipinski definition) is 3. The normalized spacial score (nSPS) is 14.8. The van der Waals surface area contributed by atoms with E-state index in [0.717, 1.165) is 31.0 Å². The molecule has 0 radical (unpaired) electrons. The minimum Gasteiger partial charge on any atom is -0.493 e. The molecule has 0 spiro atoms. The van der Waals surface area contributed by atoms with E-state index in [1.807, 2.05) is 19.9 Å². The molecule has 3 nitrogen and oxygen atoms in total. The number of methoxy groups -OCH3 is 1. The Morgan fingerprint density at radius 3 is 2.81 bits per heavy atom. The number of ether oxygens (including phenoxy) is 2. The zero-order valence-corrected chi connectivity index (χ0v) is 10.2. The van der Waals surface area contributed by atoms with Gasteiger partial charge in [0.2, 0.25) is 0 Å². The first-order chi connectivity index (χ1) is 7.72.